The topological polar surface area (TPSA) is 29.4 Å². The van der Waals surface area contributed by atoms with Crippen LogP contribution in [0.1, 0.15) is 41.0 Å². The molecule has 13 heavy (non-hydrogen) atoms. The Kier molecular flexibility index (Phi) is 2.42. The molecule has 0 aliphatic carbocycles. The minimum Gasteiger partial charge on any atom is -0.292 e. The SMILES string of the molecule is CC1=NC(C(=O)C(C)(C)C)=C(C)C1. The number of ketones is 1. The lowest BCUT2D eigenvalue weighted by atomic mass is 9.88. The van der Waals surface area contributed by atoms with Crippen LogP contribution >= 0.6 is 0 Å². The van der Waals surface area contributed by atoms with Gasteiger partial charge in [0, 0.05) is 17.5 Å². The summed E-state index contributed by atoms with van der Waals surface area (Å²) in [5.74, 6) is 0.154. The van der Waals surface area contributed by atoms with Gasteiger partial charge >= 0.3 is 0 Å². The van der Waals surface area contributed by atoms with Gasteiger partial charge in [-0.05, 0) is 19.4 Å². The van der Waals surface area contributed by atoms with Gasteiger partial charge in [0.15, 0.2) is 5.78 Å². The van der Waals surface area contributed by atoms with Gasteiger partial charge in [-0.1, -0.05) is 20.8 Å². The van der Waals surface area contributed by atoms with E-state index in [4.69, 9.17) is 0 Å². The van der Waals surface area contributed by atoms with Gasteiger partial charge in [0.1, 0.15) is 5.70 Å². The van der Waals surface area contributed by atoms with E-state index in [1.165, 1.54) is 0 Å². The number of rotatable bonds is 1. The summed E-state index contributed by atoms with van der Waals surface area (Å²) in [6, 6.07) is 0. The lowest BCUT2D eigenvalue weighted by molar-refractivity contribution is -0.122. The molecule has 0 N–H and O–H groups in total. The first kappa shape index (κ1) is 10.2. The molecule has 0 aromatic rings. The highest BCUT2D eigenvalue weighted by molar-refractivity contribution is 6.05. The zero-order valence-electron chi connectivity index (χ0n) is 9.06. The third-order valence-electron chi connectivity index (χ3n) is 2.12. The van der Waals surface area contributed by atoms with Crippen LogP contribution in [-0.4, -0.2) is 11.5 Å². The molecule has 1 aliphatic heterocycles. The molecule has 2 nitrogen and oxygen atoms in total. The maximum Gasteiger partial charge on any atom is 0.186 e. The van der Waals surface area contributed by atoms with Crippen molar-refractivity contribution < 1.29 is 4.79 Å². The zero-order chi connectivity index (χ0) is 10.2. The number of carbonyl (C=O) groups is 1. The van der Waals surface area contributed by atoms with Gasteiger partial charge in [-0.2, -0.15) is 0 Å². The second-order valence-corrected chi connectivity index (χ2v) is 4.73. The second-order valence-electron chi connectivity index (χ2n) is 4.73. The zero-order valence-corrected chi connectivity index (χ0v) is 9.06. The Morgan fingerprint density at radius 3 is 2.15 bits per heavy atom. The highest BCUT2D eigenvalue weighted by atomic mass is 16.1. The number of nitrogens with zero attached hydrogens (tertiary/aromatic N) is 1. The second kappa shape index (κ2) is 3.09. The van der Waals surface area contributed by atoms with Gasteiger partial charge in [0.2, 0.25) is 0 Å². The van der Waals surface area contributed by atoms with E-state index < -0.39 is 0 Å². The van der Waals surface area contributed by atoms with Crippen LogP contribution in [0, 0.1) is 5.41 Å². The molecule has 0 radical (unpaired) electrons. The van der Waals surface area contributed by atoms with Crippen molar-refractivity contribution in [2.24, 2.45) is 10.4 Å². The van der Waals surface area contributed by atoms with E-state index in [-0.39, 0.29) is 11.2 Å². The maximum atomic E-state index is 11.9. The summed E-state index contributed by atoms with van der Waals surface area (Å²) in [7, 11) is 0. The van der Waals surface area contributed by atoms with Crippen LogP contribution in [0.3, 0.4) is 0 Å². The molecule has 0 atom stereocenters. The van der Waals surface area contributed by atoms with Crippen LogP contribution in [0.15, 0.2) is 16.3 Å². The van der Waals surface area contributed by atoms with Crippen LogP contribution in [0.5, 0.6) is 0 Å². The highest BCUT2D eigenvalue weighted by Gasteiger charge is 2.28. The average Bonchev–Trinajstić information content (AvgIpc) is 2.26. The van der Waals surface area contributed by atoms with Crippen LogP contribution in [0.4, 0.5) is 0 Å². The van der Waals surface area contributed by atoms with E-state index in [2.05, 4.69) is 4.99 Å². The minimum atomic E-state index is -0.315. The Balaban J connectivity index is 2.97. The molecule has 1 rings (SSSR count). The molecule has 1 aliphatic rings. The number of hydrogen-bond donors (Lipinski definition) is 0. The lowest BCUT2D eigenvalue weighted by Gasteiger charge is -2.16. The Labute approximate surface area is 79.8 Å². The molecule has 0 saturated heterocycles. The van der Waals surface area contributed by atoms with Crippen molar-refractivity contribution in [1.29, 1.82) is 0 Å². The summed E-state index contributed by atoms with van der Waals surface area (Å²) in [4.78, 5) is 16.1. The Morgan fingerprint density at radius 2 is 1.85 bits per heavy atom. The normalized spacial score (nSPS) is 17.8. The van der Waals surface area contributed by atoms with E-state index in [1.807, 2.05) is 34.6 Å². The van der Waals surface area contributed by atoms with Crippen molar-refractivity contribution in [3.05, 3.63) is 11.3 Å². The standard InChI is InChI=1S/C11H17NO/c1-7-6-8(2)12-9(7)10(13)11(3,4)5/h6H2,1-5H3. The van der Waals surface area contributed by atoms with E-state index >= 15 is 0 Å². The summed E-state index contributed by atoms with van der Waals surface area (Å²) in [6.07, 6.45) is 0.858. The molecule has 0 bridgehead atoms. The Bertz CT molecular complexity index is 303. The van der Waals surface area contributed by atoms with E-state index in [9.17, 15) is 4.79 Å². The van der Waals surface area contributed by atoms with Crippen LogP contribution < -0.4 is 0 Å². The first-order valence-electron chi connectivity index (χ1n) is 4.61. The molecule has 2 heteroatoms. The molecule has 0 spiro atoms. The Hall–Kier alpha value is -0.920. The first-order valence-corrected chi connectivity index (χ1v) is 4.61. The fraction of sp³-hybridized carbons (Fsp3) is 0.636. The summed E-state index contributed by atoms with van der Waals surface area (Å²) in [5, 5.41) is 0. The van der Waals surface area contributed by atoms with Gasteiger partial charge in [0.25, 0.3) is 0 Å². The van der Waals surface area contributed by atoms with Crippen molar-refractivity contribution in [3.63, 3.8) is 0 Å². The smallest absolute Gasteiger partial charge is 0.186 e. The summed E-state index contributed by atoms with van der Waals surface area (Å²) in [5.41, 5.74) is 2.53. The molecule has 0 saturated carbocycles. The molecule has 0 amide bonds. The quantitative estimate of drug-likeness (QED) is 0.608. The highest BCUT2D eigenvalue weighted by Crippen LogP contribution is 2.27. The van der Waals surface area contributed by atoms with E-state index in [0.717, 1.165) is 17.7 Å². The number of allylic oxidation sites excluding steroid dienone is 2. The monoisotopic (exact) mass is 179 g/mol. The number of hydrogen-bond acceptors (Lipinski definition) is 2. The van der Waals surface area contributed by atoms with Crippen molar-refractivity contribution in [3.8, 4) is 0 Å². The summed E-state index contributed by atoms with van der Waals surface area (Å²) in [6.45, 7) is 9.74. The van der Waals surface area contributed by atoms with Crippen molar-refractivity contribution in [2.75, 3.05) is 0 Å². The molecule has 0 fully saturated rings. The fourth-order valence-electron chi connectivity index (χ4n) is 1.39. The van der Waals surface area contributed by atoms with Gasteiger partial charge in [0.05, 0.1) is 0 Å². The predicted molar refractivity (Wildman–Crippen MR) is 54.9 cm³/mol. The van der Waals surface area contributed by atoms with Crippen molar-refractivity contribution in [1.82, 2.24) is 0 Å². The minimum absolute atomic E-state index is 0.154. The third kappa shape index (κ3) is 2.06. The van der Waals surface area contributed by atoms with Gasteiger partial charge in [-0.15, -0.1) is 0 Å². The average molecular weight is 179 g/mol. The first-order chi connectivity index (χ1) is 5.82. The number of aliphatic imine (C=N–C) groups is 1. The molecule has 0 aromatic carbocycles. The lowest BCUT2D eigenvalue weighted by Crippen LogP contribution is -2.21. The van der Waals surface area contributed by atoms with Crippen LogP contribution in [-0.2, 0) is 4.79 Å². The predicted octanol–water partition coefficient (Wildman–Crippen LogP) is 2.74. The van der Waals surface area contributed by atoms with Crippen LogP contribution in [0.2, 0.25) is 0 Å². The van der Waals surface area contributed by atoms with E-state index in [1.54, 1.807) is 0 Å². The maximum absolute atomic E-state index is 11.9. The van der Waals surface area contributed by atoms with E-state index in [0.29, 0.717) is 5.70 Å². The fourth-order valence-corrected chi connectivity index (χ4v) is 1.39. The number of carbonyl (C=O) groups excluding carboxylic acids is 1. The molecule has 0 aromatic heterocycles. The third-order valence-corrected chi connectivity index (χ3v) is 2.12. The summed E-state index contributed by atoms with van der Waals surface area (Å²) < 4.78 is 0. The van der Waals surface area contributed by atoms with Gasteiger partial charge < -0.3 is 0 Å². The molecule has 1 heterocycles. The molecule has 72 valence electrons. The number of Topliss-reactive ketones (excluding diaryl/α,β-unsaturated/α-hetero) is 1. The van der Waals surface area contributed by atoms with Gasteiger partial charge in [-0.3, -0.25) is 9.79 Å². The molecule has 0 unspecified atom stereocenters. The van der Waals surface area contributed by atoms with Crippen molar-refractivity contribution in [2.45, 2.75) is 41.0 Å². The largest absolute Gasteiger partial charge is 0.292 e. The van der Waals surface area contributed by atoms with Gasteiger partial charge in [-0.25, -0.2) is 0 Å². The Morgan fingerprint density at radius 1 is 1.31 bits per heavy atom. The van der Waals surface area contributed by atoms with Crippen LogP contribution in [0.25, 0.3) is 0 Å². The molecular weight excluding hydrogens is 162 g/mol. The van der Waals surface area contributed by atoms with Crippen molar-refractivity contribution >= 4 is 11.5 Å². The molecular formula is C11H17NO. The summed E-state index contributed by atoms with van der Waals surface area (Å²) >= 11 is 0.